The van der Waals surface area contributed by atoms with E-state index in [0.29, 0.717) is 28.3 Å². The van der Waals surface area contributed by atoms with Crippen LogP contribution < -0.4 is 19.7 Å². The van der Waals surface area contributed by atoms with E-state index < -0.39 is 5.97 Å². The van der Waals surface area contributed by atoms with Crippen LogP contribution in [0.4, 0.5) is 5.69 Å². The third-order valence-corrected chi connectivity index (χ3v) is 4.21. The van der Waals surface area contributed by atoms with Gasteiger partial charge < -0.3 is 24.4 Å². The fraction of sp³-hybridized carbons (Fsp3) is 0.250. The Bertz CT molecular complexity index is 911. The lowest BCUT2D eigenvalue weighted by atomic mass is 10.2. The Morgan fingerprint density at radius 2 is 1.86 bits per heavy atom. The summed E-state index contributed by atoms with van der Waals surface area (Å²) in [5, 5.41) is 2.77. The molecule has 8 heteroatoms. The topological polar surface area (TPSA) is 94.2 Å². The van der Waals surface area contributed by atoms with E-state index in [-0.39, 0.29) is 31.7 Å². The van der Waals surface area contributed by atoms with Gasteiger partial charge in [0.05, 0.1) is 12.7 Å². The van der Waals surface area contributed by atoms with Gasteiger partial charge in [0.1, 0.15) is 0 Å². The molecule has 8 nitrogen and oxygen atoms in total. The largest absolute Gasteiger partial charge is 0.465 e. The third-order valence-electron chi connectivity index (χ3n) is 4.21. The van der Waals surface area contributed by atoms with Crippen molar-refractivity contribution in [3.63, 3.8) is 0 Å². The molecule has 0 spiro atoms. The van der Waals surface area contributed by atoms with Crippen LogP contribution in [0.15, 0.2) is 42.5 Å². The predicted octanol–water partition coefficient (Wildman–Crippen LogP) is 1.98. The van der Waals surface area contributed by atoms with Crippen molar-refractivity contribution in [2.45, 2.75) is 6.92 Å². The zero-order valence-corrected chi connectivity index (χ0v) is 15.6. The normalized spacial score (nSPS) is 11.6. The SMILES string of the molecule is COC(=O)c1cccc(N(CCNC(=O)c2ccc3c(c2)OCO3)C(C)=O)c1. The highest BCUT2D eigenvalue weighted by molar-refractivity contribution is 5.96. The molecule has 0 fully saturated rings. The van der Waals surface area contributed by atoms with Crippen LogP contribution in [0.25, 0.3) is 0 Å². The van der Waals surface area contributed by atoms with Gasteiger partial charge in [-0.3, -0.25) is 9.59 Å². The van der Waals surface area contributed by atoms with Crippen LogP contribution in [0.3, 0.4) is 0 Å². The van der Waals surface area contributed by atoms with Gasteiger partial charge in [0.15, 0.2) is 11.5 Å². The van der Waals surface area contributed by atoms with Gasteiger partial charge in [0, 0.05) is 31.3 Å². The van der Waals surface area contributed by atoms with Crippen molar-refractivity contribution >= 4 is 23.5 Å². The molecule has 146 valence electrons. The van der Waals surface area contributed by atoms with Crippen molar-refractivity contribution in [2.24, 2.45) is 0 Å². The molecule has 0 aliphatic carbocycles. The standard InChI is InChI=1S/C20H20N2O6/c1-13(23)22(16-5-3-4-15(10-16)20(25)26-2)9-8-21-19(24)14-6-7-17-18(11-14)28-12-27-17/h3-7,10-11H,8-9,12H2,1-2H3,(H,21,24). The maximum absolute atomic E-state index is 12.3. The number of benzene rings is 2. The summed E-state index contributed by atoms with van der Waals surface area (Å²) >= 11 is 0. The molecular formula is C20H20N2O6. The highest BCUT2D eigenvalue weighted by atomic mass is 16.7. The first-order chi connectivity index (χ1) is 13.5. The molecule has 1 heterocycles. The monoisotopic (exact) mass is 384 g/mol. The number of carbonyl (C=O) groups excluding carboxylic acids is 3. The summed E-state index contributed by atoms with van der Waals surface area (Å²) in [4.78, 5) is 37.6. The minimum absolute atomic E-state index is 0.138. The van der Waals surface area contributed by atoms with Crippen molar-refractivity contribution in [2.75, 3.05) is 31.9 Å². The van der Waals surface area contributed by atoms with Gasteiger partial charge in [-0.15, -0.1) is 0 Å². The van der Waals surface area contributed by atoms with Crippen LogP contribution in [0, 0.1) is 0 Å². The number of nitrogens with one attached hydrogen (secondary N) is 1. The molecule has 0 unspecified atom stereocenters. The Hall–Kier alpha value is -3.55. The summed E-state index contributed by atoms with van der Waals surface area (Å²) in [6, 6.07) is 11.5. The summed E-state index contributed by atoms with van der Waals surface area (Å²) in [5.41, 5.74) is 1.33. The Labute approximate surface area is 162 Å². The number of rotatable bonds is 6. The molecule has 2 amide bonds. The molecule has 0 atom stereocenters. The van der Waals surface area contributed by atoms with Gasteiger partial charge in [0.2, 0.25) is 12.7 Å². The Kier molecular flexibility index (Phi) is 5.78. The van der Waals surface area contributed by atoms with E-state index in [1.165, 1.54) is 18.9 Å². The van der Waals surface area contributed by atoms with E-state index in [9.17, 15) is 14.4 Å². The van der Waals surface area contributed by atoms with Crippen molar-refractivity contribution in [3.8, 4) is 11.5 Å². The second-order valence-electron chi connectivity index (χ2n) is 6.04. The maximum Gasteiger partial charge on any atom is 0.337 e. The summed E-state index contributed by atoms with van der Waals surface area (Å²) in [6.45, 7) is 2.04. The number of ether oxygens (including phenoxy) is 3. The van der Waals surface area contributed by atoms with Crippen LogP contribution in [0.5, 0.6) is 11.5 Å². The van der Waals surface area contributed by atoms with E-state index in [0.717, 1.165) is 0 Å². The third kappa shape index (κ3) is 4.22. The first-order valence-electron chi connectivity index (χ1n) is 8.64. The first kappa shape index (κ1) is 19.2. The number of methoxy groups -OCH3 is 1. The number of amides is 2. The molecule has 2 aromatic carbocycles. The lowest BCUT2D eigenvalue weighted by molar-refractivity contribution is -0.116. The van der Waals surface area contributed by atoms with E-state index in [4.69, 9.17) is 14.2 Å². The minimum Gasteiger partial charge on any atom is -0.465 e. The summed E-state index contributed by atoms with van der Waals surface area (Å²) in [5.74, 6) is 0.147. The molecule has 1 N–H and O–H groups in total. The molecule has 2 aromatic rings. The fourth-order valence-corrected chi connectivity index (χ4v) is 2.81. The number of nitrogens with zero attached hydrogens (tertiary/aromatic N) is 1. The molecular weight excluding hydrogens is 364 g/mol. The van der Waals surface area contributed by atoms with Crippen molar-refractivity contribution in [1.82, 2.24) is 5.32 Å². The smallest absolute Gasteiger partial charge is 0.337 e. The van der Waals surface area contributed by atoms with Gasteiger partial charge in [-0.2, -0.15) is 0 Å². The Morgan fingerprint density at radius 3 is 2.61 bits per heavy atom. The number of hydrogen-bond donors (Lipinski definition) is 1. The zero-order valence-electron chi connectivity index (χ0n) is 15.6. The van der Waals surface area contributed by atoms with Crippen LogP contribution in [0.1, 0.15) is 27.6 Å². The first-order valence-corrected chi connectivity index (χ1v) is 8.64. The average Bonchev–Trinajstić information content (AvgIpc) is 3.18. The lowest BCUT2D eigenvalue weighted by Gasteiger charge is -2.22. The quantitative estimate of drug-likeness (QED) is 0.766. The van der Waals surface area contributed by atoms with Gasteiger partial charge in [-0.1, -0.05) is 6.07 Å². The minimum atomic E-state index is -0.485. The van der Waals surface area contributed by atoms with Gasteiger partial charge in [-0.25, -0.2) is 4.79 Å². The second-order valence-corrected chi connectivity index (χ2v) is 6.04. The molecule has 0 saturated heterocycles. The average molecular weight is 384 g/mol. The lowest BCUT2D eigenvalue weighted by Crippen LogP contribution is -2.37. The molecule has 1 aliphatic heterocycles. The van der Waals surface area contributed by atoms with Crippen molar-refractivity contribution in [3.05, 3.63) is 53.6 Å². The van der Waals surface area contributed by atoms with Crippen molar-refractivity contribution in [1.29, 1.82) is 0 Å². The number of carbonyl (C=O) groups is 3. The summed E-state index contributed by atoms with van der Waals surface area (Å²) in [6.07, 6.45) is 0. The summed E-state index contributed by atoms with van der Waals surface area (Å²) < 4.78 is 15.2. The highest BCUT2D eigenvalue weighted by Crippen LogP contribution is 2.32. The van der Waals surface area contributed by atoms with E-state index in [1.54, 1.807) is 42.5 Å². The molecule has 0 saturated carbocycles. The Balaban J connectivity index is 1.63. The fourth-order valence-electron chi connectivity index (χ4n) is 2.81. The zero-order chi connectivity index (χ0) is 20.1. The van der Waals surface area contributed by atoms with Crippen molar-refractivity contribution < 1.29 is 28.6 Å². The highest BCUT2D eigenvalue weighted by Gasteiger charge is 2.17. The molecule has 1 aliphatic rings. The summed E-state index contributed by atoms with van der Waals surface area (Å²) in [7, 11) is 1.30. The van der Waals surface area contributed by atoms with E-state index >= 15 is 0 Å². The molecule has 3 rings (SSSR count). The molecule has 0 aromatic heterocycles. The molecule has 28 heavy (non-hydrogen) atoms. The van der Waals surface area contributed by atoms with Gasteiger partial charge in [-0.05, 0) is 36.4 Å². The Morgan fingerprint density at radius 1 is 1.07 bits per heavy atom. The number of anilines is 1. The number of hydrogen-bond acceptors (Lipinski definition) is 6. The number of fused-ring (bicyclic) bond motifs is 1. The van der Waals surface area contributed by atoms with E-state index in [2.05, 4.69) is 5.32 Å². The van der Waals surface area contributed by atoms with Crippen LogP contribution >= 0.6 is 0 Å². The molecule has 0 radical (unpaired) electrons. The number of esters is 1. The second kappa shape index (κ2) is 8.43. The predicted molar refractivity (Wildman–Crippen MR) is 101 cm³/mol. The maximum atomic E-state index is 12.3. The molecule has 0 bridgehead atoms. The van der Waals surface area contributed by atoms with Crippen LogP contribution in [-0.4, -0.2) is 44.8 Å². The van der Waals surface area contributed by atoms with Crippen LogP contribution in [-0.2, 0) is 9.53 Å². The van der Waals surface area contributed by atoms with Crippen LogP contribution in [0.2, 0.25) is 0 Å². The van der Waals surface area contributed by atoms with E-state index in [1.807, 2.05) is 0 Å². The van der Waals surface area contributed by atoms with Gasteiger partial charge in [0.25, 0.3) is 5.91 Å². The van der Waals surface area contributed by atoms with Gasteiger partial charge >= 0.3 is 5.97 Å².